The highest BCUT2D eigenvalue weighted by molar-refractivity contribution is 6.05. The number of fused-ring (bicyclic) bond motifs is 7. The first-order valence-electron chi connectivity index (χ1n) is 14.3. The normalized spacial score (nSPS) is 16.2. The number of rotatable bonds is 4. The van der Waals surface area contributed by atoms with Crippen molar-refractivity contribution in [3.63, 3.8) is 0 Å². The predicted molar refractivity (Wildman–Crippen MR) is 172 cm³/mol. The fraction of sp³-hybridized carbons (Fsp3) is 0.0500. The van der Waals surface area contributed by atoms with Crippen LogP contribution in [0.2, 0.25) is 0 Å². The molecule has 1 heteroatoms. The molecule has 41 heavy (non-hydrogen) atoms. The minimum absolute atomic E-state index is 0.362. The van der Waals surface area contributed by atoms with E-state index in [-0.39, 0.29) is 5.41 Å². The lowest BCUT2D eigenvalue weighted by molar-refractivity contribution is 0.841. The average Bonchev–Trinajstić information content (AvgIpc) is 3.52. The van der Waals surface area contributed by atoms with Crippen LogP contribution >= 0.6 is 0 Å². The van der Waals surface area contributed by atoms with Gasteiger partial charge in [-0.25, -0.2) is 0 Å². The maximum absolute atomic E-state index is 2.44. The van der Waals surface area contributed by atoms with Gasteiger partial charge in [-0.3, -0.25) is 0 Å². The lowest BCUT2D eigenvalue weighted by Gasteiger charge is -2.33. The first-order chi connectivity index (χ1) is 20.2. The van der Waals surface area contributed by atoms with Crippen molar-refractivity contribution in [1.29, 1.82) is 0 Å². The summed E-state index contributed by atoms with van der Waals surface area (Å²) in [7, 11) is 0. The van der Waals surface area contributed by atoms with Crippen LogP contribution in [0.4, 0.5) is 17.1 Å². The zero-order valence-corrected chi connectivity index (χ0v) is 23.0. The van der Waals surface area contributed by atoms with Crippen LogP contribution in [-0.4, -0.2) is 0 Å². The number of nitrogens with zero attached hydrogens (tertiary/aromatic N) is 1. The molecule has 0 radical (unpaired) electrons. The molecule has 6 aromatic rings. The number of hydrogen-bond donors (Lipinski definition) is 0. The van der Waals surface area contributed by atoms with Gasteiger partial charge in [0, 0.05) is 17.1 Å². The molecule has 0 N–H and O–H groups in total. The number of hydrogen-bond acceptors (Lipinski definition) is 1. The van der Waals surface area contributed by atoms with E-state index in [1.165, 1.54) is 50.1 Å². The van der Waals surface area contributed by atoms with E-state index in [0.717, 1.165) is 17.1 Å². The third-order valence-electron chi connectivity index (χ3n) is 8.72. The number of anilines is 3. The van der Waals surface area contributed by atoms with E-state index in [1.807, 2.05) is 0 Å². The predicted octanol–water partition coefficient (Wildman–Crippen LogP) is 10.3. The summed E-state index contributed by atoms with van der Waals surface area (Å²) in [5.41, 5.74) is 15.0. The van der Waals surface area contributed by atoms with Gasteiger partial charge in [-0.15, -0.1) is 0 Å². The van der Waals surface area contributed by atoms with Crippen LogP contribution < -0.4 is 4.90 Å². The van der Waals surface area contributed by atoms with Crippen LogP contribution in [0.1, 0.15) is 33.4 Å². The Balaban J connectivity index is 1.41. The number of para-hydroxylation sites is 2. The molecule has 0 fully saturated rings. The van der Waals surface area contributed by atoms with Crippen LogP contribution in [0.15, 0.2) is 152 Å². The van der Waals surface area contributed by atoms with Crippen molar-refractivity contribution in [2.45, 2.75) is 12.3 Å². The van der Waals surface area contributed by atoms with Gasteiger partial charge in [-0.2, -0.15) is 0 Å². The molecular weight excluding hydrogens is 494 g/mol. The van der Waals surface area contributed by atoms with Gasteiger partial charge in [0.1, 0.15) is 0 Å². The summed E-state index contributed by atoms with van der Waals surface area (Å²) >= 11 is 0. The van der Waals surface area contributed by atoms with Gasteiger partial charge in [0.25, 0.3) is 0 Å². The molecule has 1 spiro atoms. The molecule has 8 rings (SSSR count). The molecule has 0 heterocycles. The Bertz CT molecular complexity index is 1900. The van der Waals surface area contributed by atoms with Crippen LogP contribution in [0.5, 0.6) is 0 Å². The Morgan fingerprint density at radius 2 is 1.05 bits per heavy atom. The summed E-state index contributed by atoms with van der Waals surface area (Å²) in [6, 6.07) is 55.3. The maximum atomic E-state index is 2.44. The lowest BCUT2D eigenvalue weighted by Crippen LogP contribution is -2.26. The number of allylic oxidation sites excluding steroid dienone is 1. The quantitative estimate of drug-likeness (QED) is 0.222. The highest BCUT2D eigenvalue weighted by atomic mass is 15.1. The van der Waals surface area contributed by atoms with E-state index in [0.29, 0.717) is 0 Å². The highest BCUT2D eigenvalue weighted by Crippen LogP contribution is 2.62. The number of benzene rings is 6. The molecule has 6 aromatic carbocycles. The molecule has 1 unspecified atom stereocenters. The molecule has 0 saturated carbocycles. The second-order valence-electron chi connectivity index (χ2n) is 11.0. The molecule has 1 atom stereocenters. The Morgan fingerprint density at radius 3 is 1.76 bits per heavy atom. The highest BCUT2D eigenvalue weighted by Gasteiger charge is 2.51. The lowest BCUT2D eigenvalue weighted by atomic mass is 9.68. The third kappa shape index (κ3) is 3.49. The summed E-state index contributed by atoms with van der Waals surface area (Å²) in [5.74, 6) is 0. The molecule has 0 saturated heterocycles. The molecule has 0 bridgehead atoms. The second-order valence-corrected chi connectivity index (χ2v) is 11.0. The van der Waals surface area contributed by atoms with Crippen molar-refractivity contribution in [3.8, 4) is 11.1 Å². The Morgan fingerprint density at radius 1 is 0.463 bits per heavy atom. The van der Waals surface area contributed by atoms with Gasteiger partial charge < -0.3 is 4.90 Å². The van der Waals surface area contributed by atoms with Crippen molar-refractivity contribution in [2.24, 2.45) is 0 Å². The largest absolute Gasteiger partial charge is 0.310 e. The van der Waals surface area contributed by atoms with Gasteiger partial charge >= 0.3 is 0 Å². The summed E-state index contributed by atoms with van der Waals surface area (Å²) < 4.78 is 0. The SMILES string of the molecule is Cc1ccc2c(c1)-c1ccccc1C21C(c2ccccc2)=Cc2cc(N(c3ccccc3)c3ccccc3)ccc21. The Kier molecular flexibility index (Phi) is 5.33. The first-order valence-corrected chi connectivity index (χ1v) is 14.3. The monoisotopic (exact) mass is 523 g/mol. The van der Waals surface area contributed by atoms with Crippen LogP contribution in [-0.2, 0) is 5.41 Å². The van der Waals surface area contributed by atoms with E-state index >= 15 is 0 Å². The van der Waals surface area contributed by atoms with Gasteiger partial charge in [-0.05, 0) is 93.9 Å². The Hall–Kier alpha value is -5.14. The summed E-state index contributed by atoms with van der Waals surface area (Å²) in [6.45, 7) is 2.19. The maximum Gasteiger partial charge on any atom is 0.0725 e. The molecule has 0 amide bonds. The Labute approximate surface area is 241 Å². The molecule has 2 aliphatic rings. The molecule has 0 aromatic heterocycles. The van der Waals surface area contributed by atoms with Crippen LogP contribution in [0.3, 0.4) is 0 Å². The molecule has 194 valence electrons. The van der Waals surface area contributed by atoms with Crippen molar-refractivity contribution < 1.29 is 0 Å². The minimum Gasteiger partial charge on any atom is -0.310 e. The van der Waals surface area contributed by atoms with Crippen LogP contribution in [0, 0.1) is 6.92 Å². The zero-order valence-electron chi connectivity index (χ0n) is 23.0. The summed E-state index contributed by atoms with van der Waals surface area (Å²) in [4.78, 5) is 2.35. The molecule has 2 aliphatic carbocycles. The number of aryl methyl sites for hydroxylation is 1. The van der Waals surface area contributed by atoms with Crippen molar-refractivity contribution >= 4 is 28.7 Å². The zero-order chi connectivity index (χ0) is 27.4. The van der Waals surface area contributed by atoms with Crippen molar-refractivity contribution in [1.82, 2.24) is 0 Å². The van der Waals surface area contributed by atoms with E-state index in [1.54, 1.807) is 0 Å². The average molecular weight is 524 g/mol. The van der Waals surface area contributed by atoms with Crippen molar-refractivity contribution in [3.05, 3.63) is 185 Å². The molecule has 0 aliphatic heterocycles. The van der Waals surface area contributed by atoms with Crippen LogP contribution in [0.25, 0.3) is 22.8 Å². The second kappa shape index (κ2) is 9.21. The third-order valence-corrected chi connectivity index (χ3v) is 8.72. The fourth-order valence-electron chi connectivity index (χ4n) is 7.06. The first kappa shape index (κ1) is 23.7. The van der Waals surface area contributed by atoms with E-state index < -0.39 is 0 Å². The molecule has 1 nitrogen and oxygen atoms in total. The minimum atomic E-state index is -0.362. The fourth-order valence-corrected chi connectivity index (χ4v) is 7.06. The van der Waals surface area contributed by atoms with E-state index in [4.69, 9.17) is 0 Å². The topological polar surface area (TPSA) is 3.24 Å². The van der Waals surface area contributed by atoms with Gasteiger partial charge in [0.2, 0.25) is 0 Å². The summed E-state index contributed by atoms with van der Waals surface area (Å²) in [5, 5.41) is 0. The van der Waals surface area contributed by atoms with Gasteiger partial charge in [0.05, 0.1) is 5.41 Å². The standard InChI is InChI=1S/C40H29N/c1-28-21-23-38-35(25-28)34-19-11-12-20-37(34)40(38)36-24-22-33(26-30(36)27-39(40)29-13-5-2-6-14-29)41(31-15-7-3-8-16-31)32-17-9-4-10-18-32/h2-27H,1H3. The van der Waals surface area contributed by atoms with Crippen molar-refractivity contribution in [2.75, 3.05) is 4.90 Å². The van der Waals surface area contributed by atoms with Gasteiger partial charge in [0.15, 0.2) is 0 Å². The molecular formula is C40H29N. The van der Waals surface area contributed by atoms with E-state index in [9.17, 15) is 0 Å². The van der Waals surface area contributed by atoms with Gasteiger partial charge in [-0.1, -0.05) is 121 Å². The summed E-state index contributed by atoms with van der Waals surface area (Å²) in [6.07, 6.45) is 2.44. The smallest absolute Gasteiger partial charge is 0.0725 e. The van der Waals surface area contributed by atoms with E-state index in [2.05, 4.69) is 170 Å².